The molecule has 0 amide bonds. The number of anilines is 1. The number of hydrogen-bond acceptors (Lipinski definition) is 4. The summed E-state index contributed by atoms with van der Waals surface area (Å²) in [5, 5.41) is 11.1. The average Bonchev–Trinajstić information content (AvgIpc) is 2.35. The molecule has 1 unspecified atom stereocenters. The Morgan fingerprint density at radius 2 is 1.90 bits per heavy atom. The number of para-hydroxylation sites is 1. The predicted molar refractivity (Wildman–Crippen MR) is 69.6 cm³/mol. The molecule has 5 nitrogen and oxygen atoms in total. The van der Waals surface area contributed by atoms with Gasteiger partial charge in [-0.05, 0) is 25.5 Å². The zero-order valence-electron chi connectivity index (χ0n) is 11.0. The molecule has 0 aliphatic carbocycles. The quantitative estimate of drug-likeness (QED) is 0.840. The zero-order valence-corrected chi connectivity index (χ0v) is 11.8. The van der Waals surface area contributed by atoms with E-state index in [0.717, 1.165) is 6.07 Å². The number of aliphatic carboxylic acids is 1. The van der Waals surface area contributed by atoms with E-state index in [-0.39, 0.29) is 18.5 Å². The summed E-state index contributed by atoms with van der Waals surface area (Å²) in [5.74, 6) is -1.04. The molecule has 0 radical (unpaired) electrons. The van der Waals surface area contributed by atoms with Crippen molar-refractivity contribution in [3.05, 3.63) is 24.3 Å². The van der Waals surface area contributed by atoms with Crippen LogP contribution in [0.1, 0.15) is 19.8 Å². The van der Waals surface area contributed by atoms with Crippen LogP contribution in [0.5, 0.6) is 0 Å². The third kappa shape index (κ3) is 4.35. The Bertz CT molecular complexity index is 613. The van der Waals surface area contributed by atoms with Gasteiger partial charge in [-0.25, -0.2) is 8.42 Å². The second kappa shape index (κ2) is 6.33. The van der Waals surface area contributed by atoms with Crippen LogP contribution in [0.15, 0.2) is 29.2 Å². The number of carboxylic acids is 1. The standard InChI is InChI=1S/C12H14F3NO4S/c1-8(6-7-11(17)18)16-9-4-2-3-5-10(9)21(19,20)12(13,14)15/h2-5,8,16H,6-7H2,1H3,(H,17,18). The van der Waals surface area contributed by atoms with E-state index in [1.165, 1.54) is 18.2 Å². The van der Waals surface area contributed by atoms with Gasteiger partial charge >= 0.3 is 11.5 Å². The molecule has 0 aliphatic rings. The molecule has 1 aromatic rings. The number of halogens is 3. The van der Waals surface area contributed by atoms with Crippen molar-refractivity contribution in [1.29, 1.82) is 0 Å². The summed E-state index contributed by atoms with van der Waals surface area (Å²) in [6.07, 6.45) is -0.0297. The Kier molecular flexibility index (Phi) is 5.21. The summed E-state index contributed by atoms with van der Waals surface area (Å²) in [5.41, 5.74) is -5.59. The van der Waals surface area contributed by atoms with Crippen LogP contribution in [0.3, 0.4) is 0 Å². The number of carboxylic acid groups (broad SMARTS) is 1. The van der Waals surface area contributed by atoms with Gasteiger partial charge in [-0.2, -0.15) is 13.2 Å². The van der Waals surface area contributed by atoms with Gasteiger partial charge in [0, 0.05) is 12.5 Å². The highest BCUT2D eigenvalue weighted by atomic mass is 32.2. The SMILES string of the molecule is CC(CCC(=O)O)Nc1ccccc1S(=O)(=O)C(F)(F)F. The van der Waals surface area contributed by atoms with Gasteiger partial charge in [0.15, 0.2) is 0 Å². The van der Waals surface area contributed by atoms with Crippen molar-refractivity contribution in [2.75, 3.05) is 5.32 Å². The maximum Gasteiger partial charge on any atom is 0.501 e. The molecule has 9 heteroatoms. The Hall–Kier alpha value is -1.77. The number of hydrogen-bond donors (Lipinski definition) is 2. The summed E-state index contributed by atoms with van der Waals surface area (Å²) in [4.78, 5) is 9.57. The van der Waals surface area contributed by atoms with Crippen LogP contribution in [-0.4, -0.2) is 31.0 Å². The largest absolute Gasteiger partial charge is 0.501 e. The highest BCUT2D eigenvalue weighted by Gasteiger charge is 2.47. The summed E-state index contributed by atoms with van der Waals surface area (Å²) in [6, 6.07) is 4.14. The zero-order chi connectivity index (χ0) is 16.3. The minimum Gasteiger partial charge on any atom is -0.481 e. The van der Waals surface area contributed by atoms with Crippen molar-refractivity contribution >= 4 is 21.5 Å². The fourth-order valence-electron chi connectivity index (χ4n) is 1.62. The summed E-state index contributed by atoms with van der Waals surface area (Å²) >= 11 is 0. The van der Waals surface area contributed by atoms with Crippen molar-refractivity contribution in [3.63, 3.8) is 0 Å². The molecule has 1 rings (SSSR count). The van der Waals surface area contributed by atoms with E-state index < -0.39 is 32.3 Å². The number of benzene rings is 1. The highest BCUT2D eigenvalue weighted by molar-refractivity contribution is 7.92. The van der Waals surface area contributed by atoms with Crippen LogP contribution in [0.4, 0.5) is 18.9 Å². The fraction of sp³-hybridized carbons (Fsp3) is 0.417. The third-order valence-electron chi connectivity index (χ3n) is 2.67. The van der Waals surface area contributed by atoms with E-state index in [2.05, 4.69) is 5.32 Å². The first-order valence-corrected chi connectivity index (χ1v) is 7.42. The van der Waals surface area contributed by atoms with E-state index >= 15 is 0 Å². The second-order valence-electron chi connectivity index (χ2n) is 4.42. The van der Waals surface area contributed by atoms with Gasteiger partial charge in [0.1, 0.15) is 0 Å². The molecule has 1 atom stereocenters. The van der Waals surface area contributed by atoms with Gasteiger partial charge in [-0.1, -0.05) is 12.1 Å². The van der Waals surface area contributed by atoms with Crippen molar-refractivity contribution in [1.82, 2.24) is 0 Å². The van der Waals surface area contributed by atoms with Crippen LogP contribution in [-0.2, 0) is 14.6 Å². The lowest BCUT2D eigenvalue weighted by Crippen LogP contribution is -2.25. The van der Waals surface area contributed by atoms with E-state index in [0.29, 0.717) is 0 Å². The minimum absolute atomic E-state index is 0.149. The summed E-state index contributed by atoms with van der Waals surface area (Å²) in [7, 11) is -5.46. The number of nitrogens with one attached hydrogen (secondary N) is 1. The van der Waals surface area contributed by atoms with E-state index in [4.69, 9.17) is 5.11 Å². The smallest absolute Gasteiger partial charge is 0.481 e. The van der Waals surface area contributed by atoms with Crippen LogP contribution in [0.25, 0.3) is 0 Å². The molecule has 0 saturated heterocycles. The van der Waals surface area contributed by atoms with Crippen LogP contribution >= 0.6 is 0 Å². The molecule has 0 aliphatic heterocycles. The fourth-order valence-corrected chi connectivity index (χ4v) is 2.55. The molecular formula is C12H14F3NO4S. The number of sulfone groups is 1. The van der Waals surface area contributed by atoms with E-state index in [1.54, 1.807) is 6.92 Å². The first kappa shape index (κ1) is 17.3. The molecule has 0 spiro atoms. The Labute approximate surface area is 119 Å². The number of alkyl halides is 3. The normalized spacial score (nSPS) is 13.7. The maximum absolute atomic E-state index is 12.6. The Balaban J connectivity index is 3.03. The van der Waals surface area contributed by atoms with Crippen molar-refractivity contribution < 1.29 is 31.5 Å². The summed E-state index contributed by atoms with van der Waals surface area (Å²) < 4.78 is 60.7. The van der Waals surface area contributed by atoms with Gasteiger partial charge in [-0.15, -0.1) is 0 Å². The van der Waals surface area contributed by atoms with Crippen LogP contribution in [0, 0.1) is 0 Å². The van der Waals surface area contributed by atoms with E-state index in [9.17, 15) is 26.4 Å². The molecule has 0 fully saturated rings. The molecule has 0 saturated carbocycles. The first-order chi connectivity index (χ1) is 9.55. The third-order valence-corrected chi connectivity index (χ3v) is 4.22. The highest BCUT2D eigenvalue weighted by Crippen LogP contribution is 2.34. The van der Waals surface area contributed by atoms with Gasteiger partial charge in [-0.3, -0.25) is 4.79 Å². The van der Waals surface area contributed by atoms with Crippen molar-refractivity contribution in [3.8, 4) is 0 Å². The van der Waals surface area contributed by atoms with Crippen molar-refractivity contribution in [2.24, 2.45) is 0 Å². The lowest BCUT2D eigenvalue weighted by atomic mass is 10.1. The lowest BCUT2D eigenvalue weighted by Gasteiger charge is -2.18. The molecule has 1 aromatic carbocycles. The topological polar surface area (TPSA) is 83.5 Å². The minimum atomic E-state index is -5.46. The molecule has 118 valence electrons. The van der Waals surface area contributed by atoms with Crippen LogP contribution < -0.4 is 5.32 Å². The van der Waals surface area contributed by atoms with Gasteiger partial charge in [0.05, 0.1) is 10.6 Å². The first-order valence-electron chi connectivity index (χ1n) is 5.94. The monoisotopic (exact) mass is 325 g/mol. The summed E-state index contributed by atoms with van der Waals surface area (Å²) in [6.45, 7) is 1.56. The molecule has 0 bridgehead atoms. The van der Waals surface area contributed by atoms with Crippen molar-refractivity contribution in [2.45, 2.75) is 36.2 Å². The molecule has 0 aromatic heterocycles. The number of carbonyl (C=O) groups is 1. The van der Waals surface area contributed by atoms with Crippen LogP contribution in [0.2, 0.25) is 0 Å². The molecule has 2 N–H and O–H groups in total. The average molecular weight is 325 g/mol. The lowest BCUT2D eigenvalue weighted by molar-refractivity contribution is -0.137. The maximum atomic E-state index is 12.6. The second-order valence-corrected chi connectivity index (χ2v) is 6.33. The molecule has 0 heterocycles. The Morgan fingerprint density at radius 1 is 1.33 bits per heavy atom. The van der Waals surface area contributed by atoms with Gasteiger partial charge in [0.2, 0.25) is 0 Å². The molecule has 21 heavy (non-hydrogen) atoms. The van der Waals surface area contributed by atoms with Gasteiger partial charge in [0.25, 0.3) is 9.84 Å². The molecular weight excluding hydrogens is 311 g/mol. The van der Waals surface area contributed by atoms with Gasteiger partial charge < -0.3 is 10.4 Å². The predicted octanol–water partition coefficient (Wildman–Crippen LogP) is 2.65. The number of rotatable bonds is 6. The van der Waals surface area contributed by atoms with E-state index in [1.807, 2.05) is 0 Å². The Morgan fingerprint density at radius 3 is 2.43 bits per heavy atom.